The van der Waals surface area contributed by atoms with E-state index in [1.54, 1.807) is 23.1 Å². The average Bonchev–Trinajstić information content (AvgIpc) is 3.34. The molecule has 1 aromatic heterocycles. The van der Waals surface area contributed by atoms with Gasteiger partial charge in [0.2, 0.25) is 5.91 Å². The Morgan fingerprint density at radius 1 is 0.939 bits per heavy atom. The number of rotatable bonds is 3. The van der Waals surface area contributed by atoms with Crippen molar-refractivity contribution in [2.75, 3.05) is 37.6 Å². The molecule has 2 saturated heterocycles. The summed E-state index contributed by atoms with van der Waals surface area (Å²) < 4.78 is 0. The molecule has 170 valence electrons. The number of hydrogen-bond acceptors (Lipinski definition) is 5. The Kier molecular flexibility index (Phi) is 5.81. The number of phenolic OH excluding ortho intramolecular Hbond substituents is 1. The minimum absolute atomic E-state index is 0.0279. The third kappa shape index (κ3) is 4.09. The maximum atomic E-state index is 13.4. The Hall–Kier alpha value is -3.32. The number of nitrogens with zero attached hydrogens (tertiary/aromatic N) is 4. The summed E-state index contributed by atoms with van der Waals surface area (Å²) in [4.78, 5) is 36.6. The van der Waals surface area contributed by atoms with Crippen molar-refractivity contribution in [3.63, 3.8) is 0 Å². The van der Waals surface area contributed by atoms with E-state index in [1.807, 2.05) is 41.3 Å². The van der Waals surface area contributed by atoms with Crippen molar-refractivity contribution >= 4 is 40.0 Å². The van der Waals surface area contributed by atoms with Crippen LogP contribution in [-0.4, -0.2) is 70.5 Å². The van der Waals surface area contributed by atoms with Gasteiger partial charge in [-0.1, -0.05) is 48.0 Å². The summed E-state index contributed by atoms with van der Waals surface area (Å²) in [6.07, 6.45) is 1.40. The third-order valence-electron chi connectivity index (χ3n) is 6.55. The SMILES string of the molecule is O=C(C1CCCN1C(=O)c1ccc2ccccc2c1O)N1CCN(c2cccc(Cl)n2)CC1. The number of likely N-dealkylation sites (tertiary alicyclic amines) is 1. The number of hydrogen-bond donors (Lipinski definition) is 1. The van der Waals surface area contributed by atoms with E-state index >= 15 is 0 Å². The minimum Gasteiger partial charge on any atom is -0.506 e. The number of benzene rings is 2. The van der Waals surface area contributed by atoms with E-state index in [0.717, 1.165) is 17.6 Å². The number of aromatic nitrogens is 1. The number of amides is 2. The first-order valence-electron chi connectivity index (χ1n) is 11.2. The van der Waals surface area contributed by atoms with Crippen LogP contribution in [-0.2, 0) is 4.79 Å². The van der Waals surface area contributed by atoms with Gasteiger partial charge < -0.3 is 19.8 Å². The summed E-state index contributed by atoms with van der Waals surface area (Å²) in [6.45, 7) is 2.95. The maximum absolute atomic E-state index is 13.4. The molecule has 0 bridgehead atoms. The second-order valence-electron chi connectivity index (χ2n) is 8.47. The largest absolute Gasteiger partial charge is 0.506 e. The van der Waals surface area contributed by atoms with E-state index in [0.29, 0.717) is 49.7 Å². The van der Waals surface area contributed by atoms with Crippen LogP contribution in [0.2, 0.25) is 5.15 Å². The van der Waals surface area contributed by atoms with Gasteiger partial charge in [-0.15, -0.1) is 0 Å². The molecule has 2 aliphatic rings. The van der Waals surface area contributed by atoms with E-state index in [2.05, 4.69) is 9.88 Å². The smallest absolute Gasteiger partial charge is 0.258 e. The number of phenols is 1. The van der Waals surface area contributed by atoms with Crippen molar-refractivity contribution in [1.82, 2.24) is 14.8 Å². The van der Waals surface area contributed by atoms with Gasteiger partial charge in [0.25, 0.3) is 5.91 Å². The van der Waals surface area contributed by atoms with E-state index in [-0.39, 0.29) is 23.1 Å². The Bertz CT molecular complexity index is 1210. The van der Waals surface area contributed by atoms with E-state index in [9.17, 15) is 14.7 Å². The van der Waals surface area contributed by atoms with Crippen molar-refractivity contribution in [3.05, 3.63) is 65.3 Å². The molecular formula is C25H25ClN4O3. The lowest BCUT2D eigenvalue weighted by molar-refractivity contribution is -0.135. The van der Waals surface area contributed by atoms with Gasteiger partial charge in [-0.2, -0.15) is 0 Å². The van der Waals surface area contributed by atoms with Crippen molar-refractivity contribution in [1.29, 1.82) is 0 Å². The number of halogens is 1. The molecule has 2 amide bonds. The predicted octanol–water partition coefficient (Wildman–Crippen LogP) is 3.55. The highest BCUT2D eigenvalue weighted by Gasteiger charge is 2.38. The van der Waals surface area contributed by atoms with Crippen molar-refractivity contribution in [2.45, 2.75) is 18.9 Å². The minimum atomic E-state index is -0.501. The topological polar surface area (TPSA) is 77.0 Å². The number of anilines is 1. The second-order valence-corrected chi connectivity index (χ2v) is 8.86. The summed E-state index contributed by atoms with van der Waals surface area (Å²) in [7, 11) is 0. The van der Waals surface area contributed by atoms with Crippen LogP contribution in [0.5, 0.6) is 5.75 Å². The van der Waals surface area contributed by atoms with Crippen LogP contribution in [0.25, 0.3) is 10.8 Å². The standard InChI is InChI=1S/C25H25ClN4O3/c26-21-8-3-9-22(27-21)28-13-15-29(16-14-28)25(33)20-7-4-12-30(20)24(32)19-11-10-17-5-1-2-6-18(17)23(19)31/h1-3,5-6,8-11,20,31H,4,7,12-16H2. The molecule has 2 aliphatic heterocycles. The monoisotopic (exact) mass is 464 g/mol. The van der Waals surface area contributed by atoms with Gasteiger partial charge in [0.15, 0.2) is 0 Å². The Balaban J connectivity index is 1.29. The number of carbonyl (C=O) groups is 2. The molecule has 0 radical (unpaired) electrons. The molecule has 1 atom stereocenters. The average molecular weight is 465 g/mol. The molecule has 1 unspecified atom stereocenters. The molecule has 3 aromatic rings. The number of piperazine rings is 1. The van der Waals surface area contributed by atoms with Gasteiger partial charge in [0.05, 0.1) is 5.56 Å². The first kappa shape index (κ1) is 21.5. The molecule has 33 heavy (non-hydrogen) atoms. The summed E-state index contributed by atoms with van der Waals surface area (Å²) in [6, 6.07) is 15.9. The normalized spacial score (nSPS) is 18.7. The van der Waals surface area contributed by atoms with Crippen LogP contribution < -0.4 is 4.90 Å². The van der Waals surface area contributed by atoms with Crippen LogP contribution in [0.1, 0.15) is 23.2 Å². The molecular weight excluding hydrogens is 440 g/mol. The highest BCUT2D eigenvalue weighted by atomic mass is 35.5. The molecule has 0 spiro atoms. The highest BCUT2D eigenvalue weighted by Crippen LogP contribution is 2.32. The summed E-state index contributed by atoms with van der Waals surface area (Å²) >= 11 is 6.01. The van der Waals surface area contributed by atoms with Crippen LogP contribution in [0.4, 0.5) is 5.82 Å². The highest BCUT2D eigenvalue weighted by molar-refractivity contribution is 6.29. The number of carbonyl (C=O) groups excluding carboxylic acids is 2. The van der Waals surface area contributed by atoms with Crippen LogP contribution >= 0.6 is 11.6 Å². The Labute approximate surface area is 197 Å². The molecule has 3 heterocycles. The quantitative estimate of drug-likeness (QED) is 0.600. The lowest BCUT2D eigenvalue weighted by Gasteiger charge is -2.37. The maximum Gasteiger partial charge on any atom is 0.258 e. The summed E-state index contributed by atoms with van der Waals surface area (Å²) in [5.41, 5.74) is 0.241. The zero-order valence-electron chi connectivity index (χ0n) is 18.2. The summed E-state index contributed by atoms with van der Waals surface area (Å²) in [5.74, 6) is 0.452. The summed E-state index contributed by atoms with van der Waals surface area (Å²) in [5, 5.41) is 12.7. The zero-order valence-corrected chi connectivity index (χ0v) is 18.9. The fourth-order valence-electron chi connectivity index (χ4n) is 4.79. The van der Waals surface area contributed by atoms with Gasteiger partial charge in [-0.3, -0.25) is 9.59 Å². The second kappa shape index (κ2) is 8.90. The van der Waals surface area contributed by atoms with Gasteiger partial charge in [0.1, 0.15) is 22.8 Å². The van der Waals surface area contributed by atoms with E-state index < -0.39 is 6.04 Å². The fourth-order valence-corrected chi connectivity index (χ4v) is 4.95. The van der Waals surface area contributed by atoms with Gasteiger partial charge >= 0.3 is 0 Å². The number of fused-ring (bicyclic) bond motifs is 1. The van der Waals surface area contributed by atoms with E-state index in [1.165, 1.54) is 0 Å². The molecule has 0 aliphatic carbocycles. The zero-order chi connectivity index (χ0) is 22.9. The van der Waals surface area contributed by atoms with Crippen molar-refractivity contribution in [2.24, 2.45) is 0 Å². The lowest BCUT2D eigenvalue weighted by atomic mass is 10.0. The first-order chi connectivity index (χ1) is 16.0. The van der Waals surface area contributed by atoms with Crippen LogP contribution in [0.15, 0.2) is 54.6 Å². The molecule has 7 nitrogen and oxygen atoms in total. The Morgan fingerprint density at radius 2 is 1.73 bits per heavy atom. The first-order valence-corrected chi connectivity index (χ1v) is 11.6. The molecule has 0 saturated carbocycles. The van der Waals surface area contributed by atoms with Crippen molar-refractivity contribution in [3.8, 4) is 5.75 Å². The molecule has 1 N–H and O–H groups in total. The molecule has 8 heteroatoms. The van der Waals surface area contributed by atoms with Gasteiger partial charge in [-0.25, -0.2) is 4.98 Å². The lowest BCUT2D eigenvalue weighted by Crippen LogP contribution is -2.54. The fraction of sp³-hybridized carbons (Fsp3) is 0.320. The van der Waals surface area contributed by atoms with Gasteiger partial charge in [-0.05, 0) is 36.4 Å². The van der Waals surface area contributed by atoms with Gasteiger partial charge in [0, 0.05) is 38.1 Å². The molecule has 5 rings (SSSR count). The van der Waals surface area contributed by atoms with Crippen molar-refractivity contribution < 1.29 is 14.7 Å². The Morgan fingerprint density at radius 3 is 2.52 bits per heavy atom. The molecule has 2 aromatic carbocycles. The van der Waals surface area contributed by atoms with Crippen LogP contribution in [0, 0.1) is 0 Å². The number of aromatic hydroxyl groups is 1. The third-order valence-corrected chi connectivity index (χ3v) is 6.76. The van der Waals surface area contributed by atoms with E-state index in [4.69, 9.17) is 11.6 Å². The predicted molar refractivity (Wildman–Crippen MR) is 128 cm³/mol. The van der Waals surface area contributed by atoms with Crippen LogP contribution in [0.3, 0.4) is 0 Å². The number of pyridine rings is 1. The molecule has 2 fully saturated rings.